The number of hydrogen-bond donors (Lipinski definition) is 1. The number of amides is 1. The van der Waals surface area contributed by atoms with Crippen LogP contribution >= 0.6 is 0 Å². The zero-order valence-electron chi connectivity index (χ0n) is 11.7. The van der Waals surface area contributed by atoms with Crippen LogP contribution in [0.25, 0.3) is 0 Å². The molecule has 0 saturated carbocycles. The van der Waals surface area contributed by atoms with Gasteiger partial charge in [-0.15, -0.1) is 0 Å². The maximum atomic E-state index is 11.5. The van der Waals surface area contributed by atoms with Gasteiger partial charge in [0, 0.05) is 25.7 Å². The summed E-state index contributed by atoms with van der Waals surface area (Å²) >= 11 is 0. The highest BCUT2D eigenvalue weighted by atomic mass is 16.5. The average Bonchev–Trinajstić information content (AvgIpc) is 2.42. The van der Waals surface area contributed by atoms with Crippen LogP contribution in [0.1, 0.15) is 18.9 Å². The number of rotatable bonds is 7. The number of aliphatic hydroxyl groups is 1. The van der Waals surface area contributed by atoms with Crippen molar-refractivity contribution in [2.75, 3.05) is 27.3 Å². The first-order valence-corrected chi connectivity index (χ1v) is 6.28. The first-order valence-electron chi connectivity index (χ1n) is 6.28. The first-order chi connectivity index (χ1) is 9.08. The van der Waals surface area contributed by atoms with E-state index in [1.165, 1.54) is 4.90 Å². The van der Waals surface area contributed by atoms with Gasteiger partial charge >= 0.3 is 0 Å². The van der Waals surface area contributed by atoms with E-state index in [2.05, 4.69) is 0 Å². The Hall–Kier alpha value is -1.75. The molecule has 0 aliphatic heterocycles. The van der Waals surface area contributed by atoms with Crippen LogP contribution in [0.2, 0.25) is 0 Å². The van der Waals surface area contributed by atoms with Crippen molar-refractivity contribution in [2.45, 2.75) is 20.0 Å². The van der Waals surface area contributed by atoms with Gasteiger partial charge in [-0.05, 0) is 18.6 Å². The van der Waals surface area contributed by atoms with Crippen molar-refractivity contribution in [3.8, 4) is 11.5 Å². The van der Waals surface area contributed by atoms with Gasteiger partial charge in [-0.3, -0.25) is 4.79 Å². The normalized spacial score (nSPS) is 10.1. The lowest BCUT2D eigenvalue weighted by atomic mass is 10.2. The summed E-state index contributed by atoms with van der Waals surface area (Å²) in [5, 5.41) is 9.24. The summed E-state index contributed by atoms with van der Waals surface area (Å²) in [5.74, 6) is 1.02. The molecule has 5 nitrogen and oxygen atoms in total. The Morgan fingerprint density at radius 3 is 2.63 bits per heavy atom. The lowest BCUT2D eigenvalue weighted by molar-refractivity contribution is -0.130. The summed E-state index contributed by atoms with van der Waals surface area (Å²) in [6.07, 6.45) is 0.914. The second kappa shape index (κ2) is 7.63. The molecule has 0 radical (unpaired) electrons. The highest BCUT2D eigenvalue weighted by Crippen LogP contribution is 2.25. The fourth-order valence-electron chi connectivity index (χ4n) is 1.38. The fraction of sp³-hybridized carbons (Fsp3) is 0.500. The highest BCUT2D eigenvalue weighted by molar-refractivity contribution is 5.77. The zero-order valence-corrected chi connectivity index (χ0v) is 11.7. The molecule has 1 rings (SSSR count). The zero-order chi connectivity index (χ0) is 14.3. The third kappa shape index (κ3) is 4.79. The molecule has 1 amide bonds. The molecular formula is C14H21NO4. The second-order valence-electron chi connectivity index (χ2n) is 4.35. The maximum absolute atomic E-state index is 11.5. The lowest BCUT2D eigenvalue weighted by Crippen LogP contribution is -2.27. The van der Waals surface area contributed by atoms with Crippen molar-refractivity contribution in [1.82, 2.24) is 4.90 Å². The van der Waals surface area contributed by atoms with Crippen LogP contribution in [0.15, 0.2) is 18.2 Å². The van der Waals surface area contributed by atoms with E-state index in [9.17, 15) is 9.90 Å². The van der Waals surface area contributed by atoms with Crippen molar-refractivity contribution < 1.29 is 19.4 Å². The van der Waals surface area contributed by atoms with Gasteiger partial charge in [0.2, 0.25) is 0 Å². The molecule has 0 aliphatic carbocycles. The molecule has 0 bridgehead atoms. The van der Waals surface area contributed by atoms with Gasteiger partial charge in [-0.25, -0.2) is 0 Å². The third-order valence-corrected chi connectivity index (χ3v) is 2.53. The minimum absolute atomic E-state index is 0.0583. The van der Waals surface area contributed by atoms with E-state index >= 15 is 0 Å². The van der Waals surface area contributed by atoms with E-state index < -0.39 is 0 Å². The fourth-order valence-corrected chi connectivity index (χ4v) is 1.38. The van der Waals surface area contributed by atoms with Crippen LogP contribution in [0.4, 0.5) is 0 Å². The molecule has 0 saturated heterocycles. The van der Waals surface area contributed by atoms with Crippen LogP contribution in [-0.4, -0.2) is 43.2 Å². The minimum Gasteiger partial charge on any atom is -0.493 e. The monoisotopic (exact) mass is 267 g/mol. The van der Waals surface area contributed by atoms with Crippen LogP contribution in [-0.2, 0) is 11.4 Å². The Balaban J connectivity index is 2.75. The van der Waals surface area contributed by atoms with Crippen LogP contribution in [0.5, 0.6) is 11.5 Å². The largest absolute Gasteiger partial charge is 0.493 e. The second-order valence-corrected chi connectivity index (χ2v) is 4.35. The SMILES string of the molecule is CCCOc1ccc(CO)c(OCC(=O)N(C)C)c1. The number of carbonyl (C=O) groups excluding carboxylic acids is 1. The lowest BCUT2D eigenvalue weighted by Gasteiger charge is -2.14. The number of hydrogen-bond acceptors (Lipinski definition) is 4. The summed E-state index contributed by atoms with van der Waals surface area (Å²) in [6, 6.07) is 5.21. The van der Waals surface area contributed by atoms with Crippen molar-refractivity contribution in [3.63, 3.8) is 0 Å². The van der Waals surface area contributed by atoms with Crippen molar-refractivity contribution in [1.29, 1.82) is 0 Å². The highest BCUT2D eigenvalue weighted by Gasteiger charge is 2.09. The molecule has 0 aromatic heterocycles. The predicted molar refractivity (Wildman–Crippen MR) is 72.3 cm³/mol. The van der Waals surface area contributed by atoms with E-state index in [-0.39, 0.29) is 19.1 Å². The van der Waals surface area contributed by atoms with Crippen molar-refractivity contribution in [2.24, 2.45) is 0 Å². The Labute approximate surface area is 113 Å². The van der Waals surface area contributed by atoms with Gasteiger partial charge in [0.15, 0.2) is 6.61 Å². The Morgan fingerprint density at radius 1 is 1.32 bits per heavy atom. The number of benzene rings is 1. The van der Waals surface area contributed by atoms with Crippen molar-refractivity contribution in [3.05, 3.63) is 23.8 Å². The topological polar surface area (TPSA) is 59.0 Å². The summed E-state index contributed by atoms with van der Waals surface area (Å²) in [7, 11) is 3.33. The van der Waals surface area contributed by atoms with Crippen LogP contribution < -0.4 is 9.47 Å². The molecule has 0 spiro atoms. The number of nitrogens with zero attached hydrogens (tertiary/aromatic N) is 1. The number of likely N-dealkylation sites (N-methyl/N-ethyl adjacent to an activating group) is 1. The summed E-state index contributed by atoms with van der Waals surface area (Å²) < 4.78 is 10.9. The van der Waals surface area contributed by atoms with Gasteiger partial charge in [0.25, 0.3) is 5.91 Å². The molecule has 0 fully saturated rings. The van der Waals surface area contributed by atoms with E-state index in [4.69, 9.17) is 9.47 Å². The van der Waals surface area contributed by atoms with E-state index in [1.807, 2.05) is 6.92 Å². The number of ether oxygens (including phenoxy) is 2. The van der Waals surface area contributed by atoms with Gasteiger partial charge in [-0.2, -0.15) is 0 Å². The standard InChI is InChI=1S/C14H21NO4/c1-4-7-18-12-6-5-11(9-16)13(8-12)19-10-14(17)15(2)3/h5-6,8,16H,4,7,9-10H2,1-3H3. The maximum Gasteiger partial charge on any atom is 0.259 e. The van der Waals surface area contributed by atoms with E-state index in [0.717, 1.165) is 6.42 Å². The molecular weight excluding hydrogens is 246 g/mol. The van der Waals surface area contributed by atoms with Gasteiger partial charge in [-0.1, -0.05) is 6.92 Å². The van der Waals surface area contributed by atoms with Crippen LogP contribution in [0.3, 0.4) is 0 Å². The van der Waals surface area contributed by atoms with Gasteiger partial charge in [0.05, 0.1) is 13.2 Å². The summed E-state index contributed by atoms with van der Waals surface area (Å²) in [4.78, 5) is 12.9. The Bertz CT molecular complexity index is 418. The minimum atomic E-state index is -0.139. The molecule has 0 aliphatic rings. The molecule has 0 heterocycles. The first kappa shape index (κ1) is 15.3. The number of aliphatic hydroxyl groups excluding tert-OH is 1. The van der Waals surface area contributed by atoms with E-state index in [0.29, 0.717) is 23.7 Å². The third-order valence-electron chi connectivity index (χ3n) is 2.53. The molecule has 0 atom stereocenters. The van der Waals surface area contributed by atoms with E-state index in [1.54, 1.807) is 32.3 Å². The predicted octanol–water partition coefficient (Wildman–Crippen LogP) is 1.43. The smallest absolute Gasteiger partial charge is 0.259 e. The number of carbonyl (C=O) groups is 1. The molecule has 106 valence electrons. The quantitative estimate of drug-likeness (QED) is 0.812. The molecule has 1 aromatic carbocycles. The van der Waals surface area contributed by atoms with Gasteiger partial charge < -0.3 is 19.5 Å². The molecule has 1 N–H and O–H groups in total. The molecule has 19 heavy (non-hydrogen) atoms. The average molecular weight is 267 g/mol. The molecule has 5 heteroatoms. The van der Waals surface area contributed by atoms with Crippen LogP contribution in [0, 0.1) is 0 Å². The molecule has 0 unspecified atom stereocenters. The van der Waals surface area contributed by atoms with Gasteiger partial charge in [0.1, 0.15) is 11.5 Å². The molecule has 1 aromatic rings. The summed E-state index contributed by atoms with van der Waals surface area (Å²) in [6.45, 7) is 2.45. The van der Waals surface area contributed by atoms with Crippen molar-refractivity contribution >= 4 is 5.91 Å². The Morgan fingerprint density at radius 2 is 2.05 bits per heavy atom. The summed E-state index contributed by atoms with van der Waals surface area (Å²) in [5.41, 5.74) is 0.635. The Kier molecular flexibility index (Phi) is 6.15.